The summed E-state index contributed by atoms with van der Waals surface area (Å²) in [6, 6.07) is 16.0. The van der Waals surface area contributed by atoms with E-state index in [9.17, 15) is 9.59 Å². The van der Waals surface area contributed by atoms with Crippen LogP contribution in [0, 0.1) is 11.8 Å². The molecule has 6 heteroatoms. The minimum Gasteiger partial charge on any atom is -0.497 e. The third-order valence-corrected chi connectivity index (χ3v) is 5.93. The number of ether oxygens (including phenoxy) is 1. The first kappa shape index (κ1) is 25.3. The molecule has 1 aromatic heterocycles. The molecule has 34 heavy (non-hydrogen) atoms. The average molecular weight is 464 g/mol. The van der Waals surface area contributed by atoms with E-state index in [2.05, 4.69) is 31.0 Å². The summed E-state index contributed by atoms with van der Waals surface area (Å²) in [6.45, 7) is 9.61. The lowest BCUT2D eigenvalue weighted by Gasteiger charge is -2.30. The van der Waals surface area contributed by atoms with Crippen LogP contribution < -0.4 is 4.74 Å². The van der Waals surface area contributed by atoms with Crippen molar-refractivity contribution in [3.63, 3.8) is 0 Å². The number of amides is 2. The largest absolute Gasteiger partial charge is 0.497 e. The molecule has 3 aromatic rings. The number of hydrogen-bond donors (Lipinski definition) is 1. The highest BCUT2D eigenvalue weighted by molar-refractivity contribution is 5.86. The Morgan fingerprint density at radius 3 is 2.32 bits per heavy atom. The molecular weight excluding hydrogens is 426 g/mol. The minimum atomic E-state index is -0.146. The van der Waals surface area contributed by atoms with Crippen LogP contribution in [0.15, 0.2) is 54.7 Å². The average Bonchev–Trinajstić information content (AvgIpc) is 3.23. The second kappa shape index (κ2) is 11.7. The van der Waals surface area contributed by atoms with Crippen molar-refractivity contribution < 1.29 is 14.3 Å². The van der Waals surface area contributed by atoms with Crippen molar-refractivity contribution in [3.05, 3.63) is 65.9 Å². The Balaban J connectivity index is 1.79. The molecule has 0 bridgehead atoms. The van der Waals surface area contributed by atoms with Gasteiger partial charge in [0.1, 0.15) is 5.75 Å². The summed E-state index contributed by atoms with van der Waals surface area (Å²) in [5.74, 6) is 0.906. The second-order valence-electron chi connectivity index (χ2n) is 9.54. The number of carbonyl (C=O) groups excluding carboxylic acids is 2. The number of aromatic nitrogens is 1. The molecule has 0 aliphatic rings. The number of methoxy groups -OCH3 is 1. The summed E-state index contributed by atoms with van der Waals surface area (Å²) in [6.07, 6.45) is 2.75. The van der Waals surface area contributed by atoms with E-state index >= 15 is 0 Å². The Bertz CT molecular complexity index is 1090. The molecule has 1 heterocycles. The number of nitrogens with one attached hydrogen (secondary N) is 1. The smallest absolute Gasteiger partial charge is 0.242 e. The molecule has 1 N–H and O–H groups in total. The Morgan fingerprint density at radius 2 is 1.68 bits per heavy atom. The maximum absolute atomic E-state index is 13.5. The molecule has 182 valence electrons. The van der Waals surface area contributed by atoms with Gasteiger partial charge in [0, 0.05) is 42.7 Å². The van der Waals surface area contributed by atoms with Crippen LogP contribution in [0.4, 0.5) is 0 Å². The third-order valence-electron chi connectivity index (χ3n) is 5.93. The predicted octanol–water partition coefficient (Wildman–Crippen LogP) is 4.89. The third kappa shape index (κ3) is 6.62. The van der Waals surface area contributed by atoms with Crippen LogP contribution in [0.25, 0.3) is 10.9 Å². The van der Waals surface area contributed by atoms with Crippen molar-refractivity contribution in [1.29, 1.82) is 0 Å². The molecule has 0 radical (unpaired) electrons. The summed E-state index contributed by atoms with van der Waals surface area (Å²) in [7, 11) is 1.64. The molecular formula is C28H37N3O3. The fourth-order valence-electron chi connectivity index (χ4n) is 4.14. The van der Waals surface area contributed by atoms with Crippen LogP contribution in [0.3, 0.4) is 0 Å². The van der Waals surface area contributed by atoms with Crippen LogP contribution in [-0.2, 0) is 22.6 Å². The lowest BCUT2D eigenvalue weighted by atomic mass is 10.1. The van der Waals surface area contributed by atoms with Gasteiger partial charge in [0.05, 0.1) is 13.7 Å². The van der Waals surface area contributed by atoms with E-state index in [4.69, 9.17) is 4.74 Å². The molecule has 0 aliphatic heterocycles. The molecule has 2 amide bonds. The molecule has 0 unspecified atom stereocenters. The Morgan fingerprint density at radius 1 is 0.971 bits per heavy atom. The predicted molar refractivity (Wildman–Crippen MR) is 137 cm³/mol. The summed E-state index contributed by atoms with van der Waals surface area (Å²) in [5, 5.41) is 1.18. The van der Waals surface area contributed by atoms with Crippen LogP contribution in [0.5, 0.6) is 5.75 Å². The van der Waals surface area contributed by atoms with Gasteiger partial charge < -0.3 is 19.5 Å². The lowest BCUT2D eigenvalue weighted by molar-refractivity contribution is -0.143. The number of nitrogens with zero attached hydrogens (tertiary/aromatic N) is 2. The quantitative estimate of drug-likeness (QED) is 0.440. The molecule has 0 atom stereocenters. The number of H-pyrrole nitrogens is 1. The van der Waals surface area contributed by atoms with E-state index in [-0.39, 0.29) is 30.2 Å². The lowest BCUT2D eigenvalue weighted by Crippen LogP contribution is -2.45. The first-order valence-corrected chi connectivity index (χ1v) is 12.0. The van der Waals surface area contributed by atoms with Crippen molar-refractivity contribution in [3.8, 4) is 5.75 Å². The molecule has 3 rings (SSSR count). The van der Waals surface area contributed by atoms with E-state index in [0.29, 0.717) is 19.6 Å². The molecule has 0 fully saturated rings. The maximum Gasteiger partial charge on any atom is 0.242 e. The Hall–Kier alpha value is -3.28. The molecule has 2 aromatic carbocycles. The topological polar surface area (TPSA) is 65.6 Å². The summed E-state index contributed by atoms with van der Waals surface area (Å²) in [4.78, 5) is 33.2. The summed E-state index contributed by atoms with van der Waals surface area (Å²) < 4.78 is 5.27. The van der Waals surface area contributed by atoms with Crippen molar-refractivity contribution in [1.82, 2.24) is 14.8 Å². The fourth-order valence-corrected chi connectivity index (χ4v) is 4.14. The van der Waals surface area contributed by atoms with Gasteiger partial charge in [-0.3, -0.25) is 9.59 Å². The van der Waals surface area contributed by atoms with Gasteiger partial charge in [-0.1, -0.05) is 58.0 Å². The van der Waals surface area contributed by atoms with Gasteiger partial charge in [0.25, 0.3) is 0 Å². The molecule has 0 saturated carbocycles. The Kier molecular flexibility index (Phi) is 8.74. The number of hydrogen-bond acceptors (Lipinski definition) is 3. The number of aromatic amines is 1. The van der Waals surface area contributed by atoms with Crippen LogP contribution in [0.2, 0.25) is 0 Å². The maximum atomic E-state index is 13.5. The normalized spacial score (nSPS) is 11.3. The number of benzene rings is 2. The second-order valence-corrected chi connectivity index (χ2v) is 9.54. The number of carbonyl (C=O) groups is 2. The summed E-state index contributed by atoms with van der Waals surface area (Å²) in [5.41, 5.74) is 3.30. The minimum absolute atomic E-state index is 0.0167. The van der Waals surface area contributed by atoms with Crippen molar-refractivity contribution >= 4 is 22.7 Å². The van der Waals surface area contributed by atoms with Crippen molar-refractivity contribution in [2.75, 3.05) is 26.7 Å². The Labute approximate surface area is 202 Å². The molecule has 0 spiro atoms. The highest BCUT2D eigenvalue weighted by Gasteiger charge is 2.24. The first-order valence-electron chi connectivity index (χ1n) is 12.0. The standard InChI is InChI=1S/C28H37N3O3/c1-20(2)17-31(28(33)21(3)4)19-27(32)30(18-22-10-12-24(34-5)13-11-22)15-14-23-16-29-26-9-7-6-8-25(23)26/h6-13,16,20-21,29H,14-15,17-19H2,1-5H3. The van der Waals surface area contributed by atoms with Gasteiger partial charge in [-0.25, -0.2) is 0 Å². The van der Waals surface area contributed by atoms with Crippen molar-refractivity contribution in [2.45, 2.75) is 40.7 Å². The molecule has 0 saturated heterocycles. The monoisotopic (exact) mass is 463 g/mol. The number of para-hydroxylation sites is 1. The van der Waals surface area contributed by atoms with Gasteiger partial charge in [0.15, 0.2) is 0 Å². The fraction of sp³-hybridized carbons (Fsp3) is 0.429. The van der Waals surface area contributed by atoms with E-state index < -0.39 is 0 Å². The summed E-state index contributed by atoms with van der Waals surface area (Å²) >= 11 is 0. The van der Waals surface area contributed by atoms with Crippen LogP contribution >= 0.6 is 0 Å². The van der Waals surface area contributed by atoms with Gasteiger partial charge in [-0.2, -0.15) is 0 Å². The zero-order chi connectivity index (χ0) is 24.7. The first-order chi connectivity index (χ1) is 16.3. The van der Waals surface area contributed by atoms with E-state index in [1.807, 2.05) is 61.3 Å². The van der Waals surface area contributed by atoms with Gasteiger partial charge in [-0.15, -0.1) is 0 Å². The van der Waals surface area contributed by atoms with Gasteiger partial charge in [0.2, 0.25) is 11.8 Å². The molecule has 6 nitrogen and oxygen atoms in total. The van der Waals surface area contributed by atoms with E-state index in [0.717, 1.165) is 23.3 Å². The van der Waals surface area contributed by atoms with Crippen LogP contribution in [-0.4, -0.2) is 53.3 Å². The number of fused-ring (bicyclic) bond motifs is 1. The number of rotatable bonds is 11. The van der Waals surface area contributed by atoms with Crippen LogP contribution in [0.1, 0.15) is 38.8 Å². The zero-order valence-corrected chi connectivity index (χ0v) is 21.0. The zero-order valence-electron chi connectivity index (χ0n) is 21.0. The van der Waals surface area contributed by atoms with Gasteiger partial charge >= 0.3 is 0 Å². The van der Waals surface area contributed by atoms with Crippen molar-refractivity contribution in [2.24, 2.45) is 11.8 Å². The van der Waals surface area contributed by atoms with Gasteiger partial charge in [-0.05, 0) is 41.7 Å². The SMILES string of the molecule is COc1ccc(CN(CCc2c[nH]c3ccccc23)C(=O)CN(CC(C)C)C(=O)C(C)C)cc1. The molecule has 0 aliphatic carbocycles. The highest BCUT2D eigenvalue weighted by atomic mass is 16.5. The highest BCUT2D eigenvalue weighted by Crippen LogP contribution is 2.20. The van der Waals surface area contributed by atoms with E-state index in [1.54, 1.807) is 12.0 Å². The van der Waals surface area contributed by atoms with E-state index in [1.165, 1.54) is 10.9 Å².